The van der Waals surface area contributed by atoms with E-state index in [1.54, 1.807) is 13.0 Å². The topological polar surface area (TPSA) is 38.3 Å². The fraction of sp³-hybridized carbons (Fsp3) is 0.278. The van der Waals surface area contributed by atoms with Gasteiger partial charge in [0.1, 0.15) is 0 Å². The quantitative estimate of drug-likeness (QED) is 0.784. The molecule has 0 aliphatic rings. The van der Waals surface area contributed by atoms with E-state index in [-0.39, 0.29) is 18.7 Å². The highest BCUT2D eigenvalue weighted by Crippen LogP contribution is 2.29. The van der Waals surface area contributed by atoms with Crippen LogP contribution in [0.3, 0.4) is 0 Å². The van der Waals surface area contributed by atoms with Crippen LogP contribution in [0.25, 0.3) is 0 Å². The third-order valence-electron chi connectivity index (χ3n) is 3.49. The third kappa shape index (κ3) is 5.20. The van der Waals surface area contributed by atoms with E-state index in [0.29, 0.717) is 5.56 Å². The SMILES string of the molecule is CC[C@@H](Oc1ccccc1F)C(=O)NCc1cccc(C(F)(F)F)c1. The van der Waals surface area contributed by atoms with Crippen LogP contribution in [0.5, 0.6) is 5.75 Å². The Hall–Kier alpha value is -2.57. The zero-order chi connectivity index (χ0) is 18.4. The van der Waals surface area contributed by atoms with Crippen molar-refractivity contribution in [2.24, 2.45) is 0 Å². The molecule has 0 unspecified atom stereocenters. The fourth-order valence-electron chi connectivity index (χ4n) is 2.18. The van der Waals surface area contributed by atoms with Crippen LogP contribution in [-0.2, 0) is 17.5 Å². The van der Waals surface area contributed by atoms with Gasteiger partial charge in [0.05, 0.1) is 5.56 Å². The molecule has 2 aromatic rings. The predicted octanol–water partition coefficient (Wildman–Crippen LogP) is 4.32. The number of ether oxygens (including phenoxy) is 1. The number of carbonyl (C=O) groups is 1. The standard InChI is InChI=1S/C18H17F4NO2/c1-2-15(25-16-9-4-3-8-14(16)19)17(24)23-11-12-6-5-7-13(10-12)18(20,21)22/h3-10,15H,2,11H2,1H3,(H,23,24)/t15-/m1/s1. The molecule has 0 radical (unpaired) electrons. The molecule has 0 aliphatic heterocycles. The normalized spacial score (nSPS) is 12.5. The van der Waals surface area contributed by atoms with E-state index in [1.807, 2.05) is 0 Å². The van der Waals surface area contributed by atoms with Crippen LogP contribution in [0, 0.1) is 5.82 Å². The van der Waals surface area contributed by atoms with Gasteiger partial charge in [0.15, 0.2) is 17.7 Å². The first-order chi connectivity index (χ1) is 11.8. The largest absolute Gasteiger partial charge is 0.478 e. The molecule has 0 aromatic heterocycles. The van der Waals surface area contributed by atoms with Gasteiger partial charge < -0.3 is 10.1 Å². The first-order valence-electron chi connectivity index (χ1n) is 7.66. The summed E-state index contributed by atoms with van der Waals surface area (Å²) in [6.45, 7) is 1.61. The van der Waals surface area contributed by atoms with E-state index >= 15 is 0 Å². The molecule has 0 bridgehead atoms. The van der Waals surface area contributed by atoms with E-state index in [2.05, 4.69) is 5.32 Å². The van der Waals surface area contributed by atoms with Gasteiger partial charge in [0.2, 0.25) is 0 Å². The van der Waals surface area contributed by atoms with Crippen molar-refractivity contribution in [3.05, 3.63) is 65.5 Å². The highest BCUT2D eigenvalue weighted by Gasteiger charge is 2.30. The van der Waals surface area contributed by atoms with Gasteiger partial charge >= 0.3 is 6.18 Å². The second-order valence-electron chi connectivity index (χ2n) is 5.36. The molecule has 25 heavy (non-hydrogen) atoms. The van der Waals surface area contributed by atoms with Crippen molar-refractivity contribution >= 4 is 5.91 Å². The van der Waals surface area contributed by atoms with Crippen LogP contribution in [0.4, 0.5) is 17.6 Å². The molecular formula is C18H17F4NO2. The number of nitrogens with one attached hydrogen (secondary N) is 1. The van der Waals surface area contributed by atoms with Gasteiger partial charge in [-0.1, -0.05) is 31.2 Å². The van der Waals surface area contributed by atoms with Crippen molar-refractivity contribution in [3.63, 3.8) is 0 Å². The van der Waals surface area contributed by atoms with Gasteiger partial charge in [-0.3, -0.25) is 4.79 Å². The average Bonchev–Trinajstić information content (AvgIpc) is 2.58. The molecule has 0 heterocycles. The maximum atomic E-state index is 13.6. The molecule has 0 fully saturated rings. The fourth-order valence-corrected chi connectivity index (χ4v) is 2.18. The number of benzene rings is 2. The van der Waals surface area contributed by atoms with Crippen molar-refractivity contribution in [1.29, 1.82) is 0 Å². The second kappa shape index (κ2) is 8.00. The number of alkyl halides is 3. The molecule has 7 heteroatoms. The Kier molecular flexibility index (Phi) is 6.01. The van der Waals surface area contributed by atoms with Gasteiger partial charge in [-0.05, 0) is 36.2 Å². The zero-order valence-electron chi connectivity index (χ0n) is 13.4. The summed E-state index contributed by atoms with van der Waals surface area (Å²) in [5.41, 5.74) is -0.474. The highest BCUT2D eigenvalue weighted by molar-refractivity contribution is 5.81. The predicted molar refractivity (Wildman–Crippen MR) is 84.4 cm³/mol. The van der Waals surface area contributed by atoms with Gasteiger partial charge in [-0.2, -0.15) is 13.2 Å². The van der Waals surface area contributed by atoms with Gasteiger partial charge in [-0.15, -0.1) is 0 Å². The maximum absolute atomic E-state index is 13.6. The summed E-state index contributed by atoms with van der Waals surface area (Å²) in [6, 6.07) is 10.4. The molecular weight excluding hydrogens is 338 g/mol. The van der Waals surface area contributed by atoms with E-state index in [0.717, 1.165) is 12.1 Å². The molecule has 3 nitrogen and oxygen atoms in total. The van der Waals surface area contributed by atoms with Crippen LogP contribution in [-0.4, -0.2) is 12.0 Å². The monoisotopic (exact) mass is 355 g/mol. The summed E-state index contributed by atoms with van der Waals surface area (Å²) in [5.74, 6) is -1.17. The molecule has 0 saturated heterocycles. The molecule has 2 rings (SSSR count). The van der Waals surface area contributed by atoms with Crippen molar-refractivity contribution in [3.8, 4) is 5.75 Å². The van der Waals surface area contributed by atoms with Crippen LogP contribution in [0.2, 0.25) is 0 Å². The summed E-state index contributed by atoms with van der Waals surface area (Å²) in [6.07, 6.45) is -5.11. The minimum absolute atomic E-state index is 0.0523. The van der Waals surface area contributed by atoms with Gasteiger partial charge in [0, 0.05) is 6.54 Å². The number of halogens is 4. The highest BCUT2D eigenvalue weighted by atomic mass is 19.4. The summed E-state index contributed by atoms with van der Waals surface area (Å²) in [4.78, 5) is 12.2. The van der Waals surface area contributed by atoms with E-state index < -0.39 is 29.6 Å². The van der Waals surface area contributed by atoms with Crippen LogP contribution >= 0.6 is 0 Å². The number of rotatable bonds is 6. The number of amides is 1. The Morgan fingerprint density at radius 2 is 1.88 bits per heavy atom. The van der Waals surface area contributed by atoms with E-state index in [4.69, 9.17) is 4.74 Å². The lowest BCUT2D eigenvalue weighted by Crippen LogP contribution is -2.37. The zero-order valence-corrected chi connectivity index (χ0v) is 13.4. The number of carbonyl (C=O) groups excluding carboxylic acids is 1. The van der Waals surface area contributed by atoms with Crippen molar-refractivity contribution in [2.45, 2.75) is 32.2 Å². The first kappa shape index (κ1) is 18.8. The Bertz CT molecular complexity index is 731. The Labute approximate surface area is 142 Å². The first-order valence-corrected chi connectivity index (χ1v) is 7.66. The van der Waals surface area contributed by atoms with Crippen LogP contribution in [0.15, 0.2) is 48.5 Å². The summed E-state index contributed by atoms with van der Waals surface area (Å²) in [5, 5.41) is 2.51. The molecule has 0 spiro atoms. The lowest BCUT2D eigenvalue weighted by molar-refractivity contribution is -0.137. The Morgan fingerprint density at radius 3 is 2.52 bits per heavy atom. The number of para-hydroxylation sites is 1. The summed E-state index contributed by atoms with van der Waals surface area (Å²) < 4.78 is 57.0. The maximum Gasteiger partial charge on any atom is 0.416 e. The van der Waals surface area contributed by atoms with Gasteiger partial charge in [0.25, 0.3) is 5.91 Å². The van der Waals surface area contributed by atoms with Crippen molar-refractivity contribution < 1.29 is 27.1 Å². The second-order valence-corrected chi connectivity index (χ2v) is 5.36. The summed E-state index contributed by atoms with van der Waals surface area (Å²) >= 11 is 0. The third-order valence-corrected chi connectivity index (χ3v) is 3.49. The minimum atomic E-state index is -4.44. The lowest BCUT2D eigenvalue weighted by atomic mass is 10.1. The number of hydrogen-bond acceptors (Lipinski definition) is 2. The lowest BCUT2D eigenvalue weighted by Gasteiger charge is -2.18. The van der Waals surface area contributed by atoms with Crippen molar-refractivity contribution in [1.82, 2.24) is 5.32 Å². The Balaban J connectivity index is 2.00. The molecule has 0 saturated carbocycles. The average molecular weight is 355 g/mol. The smallest absolute Gasteiger partial charge is 0.416 e. The van der Waals surface area contributed by atoms with E-state index in [1.165, 1.54) is 30.3 Å². The van der Waals surface area contributed by atoms with Crippen LogP contribution in [0.1, 0.15) is 24.5 Å². The van der Waals surface area contributed by atoms with Crippen molar-refractivity contribution in [2.75, 3.05) is 0 Å². The molecule has 2 aromatic carbocycles. The van der Waals surface area contributed by atoms with Gasteiger partial charge in [-0.25, -0.2) is 4.39 Å². The molecule has 1 N–H and O–H groups in total. The molecule has 1 amide bonds. The molecule has 1 atom stereocenters. The van der Waals surface area contributed by atoms with Crippen LogP contribution < -0.4 is 10.1 Å². The molecule has 0 aliphatic carbocycles. The summed E-state index contributed by atoms with van der Waals surface area (Å²) in [7, 11) is 0. The van der Waals surface area contributed by atoms with E-state index in [9.17, 15) is 22.4 Å². The minimum Gasteiger partial charge on any atom is -0.478 e. The molecule has 134 valence electrons. The Morgan fingerprint density at radius 1 is 1.16 bits per heavy atom. The number of hydrogen-bond donors (Lipinski definition) is 1.